The summed E-state index contributed by atoms with van der Waals surface area (Å²) < 4.78 is 5.26. The molecule has 29 heavy (non-hydrogen) atoms. The van der Waals surface area contributed by atoms with Gasteiger partial charge in [-0.3, -0.25) is 0 Å². The lowest BCUT2D eigenvalue weighted by atomic mass is 10.2. The Morgan fingerprint density at radius 3 is 2.38 bits per heavy atom. The van der Waals surface area contributed by atoms with Crippen LogP contribution in [0.15, 0.2) is 60.8 Å². The van der Waals surface area contributed by atoms with Crippen LogP contribution in [0.1, 0.15) is 5.56 Å². The van der Waals surface area contributed by atoms with Crippen molar-refractivity contribution >= 4 is 23.1 Å². The zero-order chi connectivity index (χ0) is 19.6. The number of nitrogens with zero attached hydrogens (tertiary/aromatic N) is 5. The molecule has 0 saturated carbocycles. The fourth-order valence-corrected chi connectivity index (χ4v) is 4.18. The van der Waals surface area contributed by atoms with E-state index in [1.807, 2.05) is 24.4 Å². The second kappa shape index (κ2) is 7.62. The van der Waals surface area contributed by atoms with E-state index in [4.69, 9.17) is 9.72 Å². The standard InChI is InChI=1S/C23H25N5O/c1-29-20-8-6-19(7-9-20)26-14-16-27(17-15-26)22-10-12-24-23(25-22)28-13-11-18-4-2-3-5-21(18)28/h2-10,12H,11,13-17H2,1H3. The molecule has 0 spiro atoms. The smallest absolute Gasteiger partial charge is 0.231 e. The molecule has 3 aromatic rings. The molecular weight excluding hydrogens is 362 g/mol. The van der Waals surface area contributed by atoms with Gasteiger partial charge in [0.2, 0.25) is 5.95 Å². The van der Waals surface area contributed by atoms with Gasteiger partial charge < -0.3 is 19.4 Å². The van der Waals surface area contributed by atoms with E-state index in [9.17, 15) is 0 Å². The lowest BCUT2D eigenvalue weighted by Gasteiger charge is -2.37. The van der Waals surface area contributed by atoms with Crippen molar-refractivity contribution in [1.29, 1.82) is 0 Å². The Labute approximate surface area is 171 Å². The van der Waals surface area contributed by atoms with E-state index >= 15 is 0 Å². The van der Waals surface area contributed by atoms with Crippen molar-refractivity contribution in [3.63, 3.8) is 0 Å². The summed E-state index contributed by atoms with van der Waals surface area (Å²) in [6.07, 6.45) is 2.93. The molecule has 0 aliphatic carbocycles. The highest BCUT2D eigenvalue weighted by Crippen LogP contribution is 2.33. The van der Waals surface area contributed by atoms with Crippen LogP contribution in [0.2, 0.25) is 0 Å². The van der Waals surface area contributed by atoms with Crippen molar-refractivity contribution in [2.45, 2.75) is 6.42 Å². The lowest BCUT2D eigenvalue weighted by molar-refractivity contribution is 0.415. The van der Waals surface area contributed by atoms with Crippen LogP contribution in [0.3, 0.4) is 0 Å². The summed E-state index contributed by atoms with van der Waals surface area (Å²) in [7, 11) is 1.70. The fourth-order valence-electron chi connectivity index (χ4n) is 4.18. The average Bonchev–Trinajstić information content (AvgIpc) is 3.24. The van der Waals surface area contributed by atoms with Crippen LogP contribution in [0.5, 0.6) is 5.75 Å². The number of aromatic nitrogens is 2. The first-order valence-electron chi connectivity index (χ1n) is 10.1. The quantitative estimate of drug-likeness (QED) is 0.683. The van der Waals surface area contributed by atoms with Gasteiger partial charge >= 0.3 is 0 Å². The summed E-state index contributed by atoms with van der Waals surface area (Å²) in [4.78, 5) is 16.5. The summed E-state index contributed by atoms with van der Waals surface area (Å²) in [5.41, 5.74) is 3.84. The summed E-state index contributed by atoms with van der Waals surface area (Å²) in [6, 6.07) is 18.8. The zero-order valence-electron chi connectivity index (χ0n) is 16.7. The maximum Gasteiger partial charge on any atom is 0.231 e. The third-order valence-electron chi connectivity index (χ3n) is 5.80. The minimum Gasteiger partial charge on any atom is -0.497 e. The van der Waals surface area contributed by atoms with Gasteiger partial charge in [0.05, 0.1) is 7.11 Å². The number of anilines is 4. The van der Waals surface area contributed by atoms with E-state index in [0.29, 0.717) is 0 Å². The Balaban J connectivity index is 1.29. The number of methoxy groups -OCH3 is 1. The summed E-state index contributed by atoms with van der Waals surface area (Å²) in [5, 5.41) is 0. The predicted molar refractivity (Wildman–Crippen MR) is 117 cm³/mol. The molecule has 0 unspecified atom stereocenters. The van der Waals surface area contributed by atoms with Gasteiger partial charge in [0.1, 0.15) is 11.6 Å². The van der Waals surface area contributed by atoms with Crippen LogP contribution >= 0.6 is 0 Å². The molecule has 0 bridgehead atoms. The highest BCUT2D eigenvalue weighted by atomic mass is 16.5. The number of hydrogen-bond donors (Lipinski definition) is 0. The molecule has 1 saturated heterocycles. The van der Waals surface area contributed by atoms with Gasteiger partial charge in [0, 0.05) is 50.3 Å². The van der Waals surface area contributed by atoms with Crippen molar-refractivity contribution in [1.82, 2.24) is 9.97 Å². The number of fused-ring (bicyclic) bond motifs is 1. The van der Waals surface area contributed by atoms with Gasteiger partial charge in [0.15, 0.2) is 0 Å². The highest BCUT2D eigenvalue weighted by molar-refractivity contribution is 5.66. The van der Waals surface area contributed by atoms with E-state index in [-0.39, 0.29) is 0 Å². The van der Waals surface area contributed by atoms with Crippen LogP contribution in [0.25, 0.3) is 0 Å². The molecule has 0 N–H and O–H groups in total. The third-order valence-corrected chi connectivity index (χ3v) is 5.80. The van der Waals surface area contributed by atoms with E-state index in [1.165, 1.54) is 16.9 Å². The highest BCUT2D eigenvalue weighted by Gasteiger charge is 2.24. The normalized spacial score (nSPS) is 16.1. The van der Waals surface area contributed by atoms with Crippen molar-refractivity contribution in [3.8, 4) is 5.75 Å². The molecule has 1 fully saturated rings. The molecule has 1 aromatic heterocycles. The Kier molecular flexibility index (Phi) is 4.68. The van der Waals surface area contributed by atoms with Crippen LogP contribution in [-0.4, -0.2) is 49.8 Å². The Bertz CT molecular complexity index is 983. The molecule has 0 atom stereocenters. The first kappa shape index (κ1) is 17.8. The summed E-state index contributed by atoms with van der Waals surface area (Å²) >= 11 is 0. The van der Waals surface area contributed by atoms with Crippen LogP contribution in [0.4, 0.5) is 23.1 Å². The van der Waals surface area contributed by atoms with Gasteiger partial charge in [-0.05, 0) is 48.4 Å². The summed E-state index contributed by atoms with van der Waals surface area (Å²) in [6.45, 7) is 4.77. The summed E-state index contributed by atoms with van der Waals surface area (Å²) in [5.74, 6) is 2.70. The van der Waals surface area contributed by atoms with E-state index < -0.39 is 0 Å². The van der Waals surface area contributed by atoms with Crippen molar-refractivity contribution < 1.29 is 4.74 Å². The number of rotatable bonds is 4. The van der Waals surface area contributed by atoms with Gasteiger partial charge in [0.25, 0.3) is 0 Å². The molecule has 5 rings (SSSR count). The number of piperazine rings is 1. The molecule has 0 radical (unpaired) electrons. The minimum absolute atomic E-state index is 0.796. The fraction of sp³-hybridized carbons (Fsp3) is 0.304. The van der Waals surface area contributed by atoms with Gasteiger partial charge in [-0.1, -0.05) is 18.2 Å². The van der Waals surface area contributed by atoms with Crippen molar-refractivity contribution in [2.24, 2.45) is 0 Å². The first-order chi connectivity index (χ1) is 14.3. The zero-order valence-corrected chi connectivity index (χ0v) is 16.7. The maximum atomic E-state index is 5.26. The van der Waals surface area contributed by atoms with Gasteiger partial charge in [-0.25, -0.2) is 4.98 Å². The average molecular weight is 387 g/mol. The van der Waals surface area contributed by atoms with Gasteiger partial charge in [-0.2, -0.15) is 4.98 Å². The van der Waals surface area contributed by atoms with Crippen molar-refractivity contribution in [3.05, 3.63) is 66.4 Å². The topological polar surface area (TPSA) is 44.7 Å². The Morgan fingerprint density at radius 2 is 1.59 bits per heavy atom. The van der Waals surface area contributed by atoms with E-state index in [0.717, 1.165) is 56.7 Å². The molecule has 3 heterocycles. The SMILES string of the molecule is COc1ccc(N2CCN(c3ccnc(N4CCc5ccccc54)n3)CC2)cc1. The Morgan fingerprint density at radius 1 is 0.828 bits per heavy atom. The van der Waals surface area contributed by atoms with Gasteiger partial charge in [-0.15, -0.1) is 0 Å². The lowest BCUT2D eigenvalue weighted by Crippen LogP contribution is -2.46. The molecular formula is C23H25N5O. The number of hydrogen-bond acceptors (Lipinski definition) is 6. The monoisotopic (exact) mass is 387 g/mol. The van der Waals surface area contributed by atoms with Crippen molar-refractivity contribution in [2.75, 3.05) is 54.5 Å². The molecule has 6 heteroatoms. The maximum absolute atomic E-state index is 5.26. The van der Waals surface area contributed by atoms with Crippen LogP contribution < -0.4 is 19.4 Å². The number of para-hydroxylation sites is 1. The number of ether oxygens (including phenoxy) is 1. The third kappa shape index (κ3) is 3.46. The molecule has 0 amide bonds. The number of benzene rings is 2. The molecule has 148 valence electrons. The van der Waals surface area contributed by atoms with E-state index in [2.05, 4.69) is 56.1 Å². The van der Waals surface area contributed by atoms with Crippen LogP contribution in [0, 0.1) is 0 Å². The molecule has 6 nitrogen and oxygen atoms in total. The largest absolute Gasteiger partial charge is 0.497 e. The molecule has 2 aromatic carbocycles. The first-order valence-corrected chi connectivity index (χ1v) is 10.1. The second-order valence-corrected chi connectivity index (χ2v) is 7.42. The van der Waals surface area contributed by atoms with Crippen LogP contribution in [-0.2, 0) is 6.42 Å². The molecule has 2 aliphatic heterocycles. The predicted octanol–water partition coefficient (Wildman–Crippen LogP) is 3.51. The van der Waals surface area contributed by atoms with E-state index in [1.54, 1.807) is 7.11 Å². The minimum atomic E-state index is 0.796. The second-order valence-electron chi connectivity index (χ2n) is 7.42. The molecule has 2 aliphatic rings. The Hall–Kier alpha value is -3.28.